The molecule has 0 aromatic heterocycles. The van der Waals surface area contributed by atoms with Crippen molar-refractivity contribution in [1.82, 2.24) is 5.32 Å². The fourth-order valence-corrected chi connectivity index (χ4v) is 2.68. The first-order chi connectivity index (χ1) is 14.0. The van der Waals surface area contributed by atoms with Gasteiger partial charge < -0.3 is 25.1 Å². The Morgan fingerprint density at radius 1 is 0.774 bits per heavy atom. The van der Waals surface area contributed by atoms with Crippen molar-refractivity contribution in [3.8, 4) is 0 Å². The third-order valence-electron chi connectivity index (χ3n) is 4.31. The molecule has 0 saturated heterocycles. The van der Waals surface area contributed by atoms with Crippen molar-refractivity contribution in [3.63, 3.8) is 0 Å². The summed E-state index contributed by atoms with van der Waals surface area (Å²) in [6, 6.07) is -1.28. The second-order valence-electron chi connectivity index (χ2n) is 6.95. The van der Waals surface area contributed by atoms with E-state index < -0.39 is 30.3 Å². The molecule has 0 heterocycles. The summed E-state index contributed by atoms with van der Waals surface area (Å²) < 4.78 is 0. The molecule has 1 amide bonds. The zero-order chi connectivity index (χ0) is 21.7. The van der Waals surface area contributed by atoms with Gasteiger partial charge in [0.15, 0.2) is 0 Å². The summed E-state index contributed by atoms with van der Waals surface area (Å²) in [4.78, 5) is 33.1. The molecule has 31 heavy (non-hydrogen) atoms. The molecule has 0 fully saturated rings. The number of hydrogen-bond acceptors (Lipinski definition) is 5. The van der Waals surface area contributed by atoms with Crippen LogP contribution in [0.25, 0.3) is 0 Å². The second kappa shape index (κ2) is 25.9. The van der Waals surface area contributed by atoms with E-state index in [9.17, 15) is 24.6 Å². The number of carboxylic acid groups (broad SMARTS) is 2. The number of carbonyl (C=O) groups is 3. The van der Waals surface area contributed by atoms with Gasteiger partial charge in [0.05, 0.1) is 12.0 Å². The standard InChI is InChI=1S/C23H37NO5.2Na/c1-2-3-4-5-6-7-8-9-10-11-12-13-14-15-16-17-21(25)24-20(23(28)29)18-19-22(26)27;;/h3-4,6-7,9-10,20H,2,5,8,11-19H2,1H3,(H,24,25)(H,26,27)(H,28,29);;/q;2*+1/p-2/b4-3-,7-6-,10-9-;;/t20-;;/m0../s1. The van der Waals surface area contributed by atoms with Crippen LogP contribution in [-0.4, -0.2) is 23.9 Å². The molecule has 0 aromatic rings. The molecule has 0 aromatic carbocycles. The van der Waals surface area contributed by atoms with Gasteiger partial charge >= 0.3 is 59.1 Å². The van der Waals surface area contributed by atoms with Gasteiger partial charge in [-0.15, -0.1) is 0 Å². The van der Waals surface area contributed by atoms with Crippen LogP contribution in [0.4, 0.5) is 0 Å². The van der Waals surface area contributed by atoms with Gasteiger partial charge in [-0.25, -0.2) is 0 Å². The number of amides is 1. The Kier molecular flexibility index (Phi) is 29.4. The summed E-state index contributed by atoms with van der Waals surface area (Å²) in [6.45, 7) is 2.12. The van der Waals surface area contributed by atoms with E-state index in [1.807, 2.05) is 0 Å². The molecule has 0 aliphatic heterocycles. The van der Waals surface area contributed by atoms with Crippen LogP contribution in [0.15, 0.2) is 36.5 Å². The molecule has 0 aliphatic carbocycles. The van der Waals surface area contributed by atoms with E-state index in [4.69, 9.17) is 0 Å². The minimum absolute atomic E-state index is 0. The third kappa shape index (κ3) is 25.8. The number of hydrogen-bond donors (Lipinski definition) is 1. The monoisotopic (exact) mass is 451 g/mol. The maximum atomic E-state index is 11.8. The molecule has 1 atom stereocenters. The van der Waals surface area contributed by atoms with Crippen LogP contribution in [-0.2, 0) is 14.4 Å². The fraction of sp³-hybridized carbons (Fsp3) is 0.609. The second-order valence-corrected chi connectivity index (χ2v) is 6.95. The van der Waals surface area contributed by atoms with Crippen LogP contribution < -0.4 is 74.6 Å². The average molecular weight is 452 g/mol. The quantitative estimate of drug-likeness (QED) is 0.131. The Morgan fingerprint density at radius 3 is 1.90 bits per heavy atom. The Balaban J connectivity index is -0.00000392. The normalized spacial score (nSPS) is 11.9. The van der Waals surface area contributed by atoms with Gasteiger partial charge in [0, 0.05) is 12.4 Å². The largest absolute Gasteiger partial charge is 1.00 e. The first-order valence-corrected chi connectivity index (χ1v) is 10.6. The number of carbonyl (C=O) groups excluding carboxylic acids is 3. The maximum Gasteiger partial charge on any atom is 1.00 e. The first-order valence-electron chi connectivity index (χ1n) is 10.6. The van der Waals surface area contributed by atoms with Gasteiger partial charge in [0.25, 0.3) is 0 Å². The van der Waals surface area contributed by atoms with E-state index in [2.05, 4.69) is 48.7 Å². The van der Waals surface area contributed by atoms with Gasteiger partial charge in [0.1, 0.15) is 0 Å². The molecule has 0 spiro atoms. The van der Waals surface area contributed by atoms with Crippen molar-refractivity contribution in [3.05, 3.63) is 36.5 Å². The molecule has 164 valence electrons. The SMILES string of the molecule is CC/C=C\C/C=C\C/C=C\CCCCCCCC(=O)N[C@@H](CCC(=O)[O-])C(=O)[O-].[Na+].[Na+]. The summed E-state index contributed by atoms with van der Waals surface area (Å²) in [5, 5.41) is 23.6. The van der Waals surface area contributed by atoms with Crippen molar-refractivity contribution in [2.75, 3.05) is 0 Å². The van der Waals surface area contributed by atoms with E-state index >= 15 is 0 Å². The summed E-state index contributed by atoms with van der Waals surface area (Å²) in [7, 11) is 0. The predicted molar refractivity (Wildman–Crippen MR) is 110 cm³/mol. The Hall–Kier alpha value is -0.370. The minimum atomic E-state index is -1.48. The van der Waals surface area contributed by atoms with Crippen LogP contribution >= 0.6 is 0 Å². The molecule has 0 saturated carbocycles. The Bertz CT molecular complexity index is 562. The molecule has 6 nitrogen and oxygen atoms in total. The molecule has 0 radical (unpaired) electrons. The zero-order valence-electron chi connectivity index (χ0n) is 19.6. The van der Waals surface area contributed by atoms with Gasteiger partial charge in [-0.1, -0.05) is 62.6 Å². The number of carboxylic acids is 2. The van der Waals surface area contributed by atoms with Crippen LogP contribution in [0.3, 0.4) is 0 Å². The summed E-state index contributed by atoms with van der Waals surface area (Å²) in [5.74, 6) is -3.22. The van der Waals surface area contributed by atoms with Gasteiger partial charge in [0.2, 0.25) is 5.91 Å². The van der Waals surface area contributed by atoms with E-state index in [-0.39, 0.29) is 72.0 Å². The van der Waals surface area contributed by atoms with Crippen molar-refractivity contribution < 1.29 is 83.7 Å². The smallest absolute Gasteiger partial charge is 0.550 e. The van der Waals surface area contributed by atoms with E-state index in [1.165, 1.54) is 0 Å². The molecular weight excluding hydrogens is 416 g/mol. The minimum Gasteiger partial charge on any atom is -0.550 e. The number of nitrogens with one attached hydrogen (secondary N) is 1. The molecule has 0 unspecified atom stereocenters. The summed E-state index contributed by atoms with van der Waals surface area (Å²) in [6.07, 6.45) is 21.5. The fourth-order valence-electron chi connectivity index (χ4n) is 2.68. The molecule has 0 rings (SSSR count). The summed E-state index contributed by atoms with van der Waals surface area (Å²) in [5.41, 5.74) is 0. The Labute approximate surface area is 231 Å². The number of aliphatic carboxylic acids is 2. The molecular formula is C23H35NNa2O5. The number of rotatable bonds is 18. The van der Waals surface area contributed by atoms with Crippen LogP contribution in [0, 0.1) is 0 Å². The topological polar surface area (TPSA) is 109 Å². The molecule has 0 bridgehead atoms. The van der Waals surface area contributed by atoms with Crippen LogP contribution in [0.1, 0.15) is 84.0 Å². The van der Waals surface area contributed by atoms with Gasteiger partial charge in [-0.3, -0.25) is 4.79 Å². The number of allylic oxidation sites excluding steroid dienone is 6. The van der Waals surface area contributed by atoms with Crippen LogP contribution in [0.2, 0.25) is 0 Å². The van der Waals surface area contributed by atoms with E-state index in [1.54, 1.807) is 0 Å². The average Bonchev–Trinajstić information content (AvgIpc) is 2.67. The van der Waals surface area contributed by atoms with E-state index in [0.29, 0.717) is 6.42 Å². The maximum absolute atomic E-state index is 11.8. The zero-order valence-corrected chi connectivity index (χ0v) is 23.6. The molecule has 0 aliphatic rings. The molecule has 8 heteroatoms. The van der Waals surface area contributed by atoms with Crippen molar-refractivity contribution in [2.24, 2.45) is 0 Å². The molecule has 1 N–H and O–H groups in total. The van der Waals surface area contributed by atoms with Crippen molar-refractivity contribution in [2.45, 2.75) is 90.0 Å². The number of unbranched alkanes of at least 4 members (excludes halogenated alkanes) is 5. The van der Waals surface area contributed by atoms with Crippen molar-refractivity contribution >= 4 is 17.8 Å². The van der Waals surface area contributed by atoms with E-state index in [0.717, 1.165) is 51.4 Å². The predicted octanol–water partition coefficient (Wildman–Crippen LogP) is -3.65. The van der Waals surface area contributed by atoms with Crippen LogP contribution in [0.5, 0.6) is 0 Å². The van der Waals surface area contributed by atoms with Crippen molar-refractivity contribution in [1.29, 1.82) is 0 Å². The van der Waals surface area contributed by atoms with Gasteiger partial charge in [-0.2, -0.15) is 0 Å². The third-order valence-corrected chi connectivity index (χ3v) is 4.31. The first kappa shape index (κ1) is 35.2. The van der Waals surface area contributed by atoms with Gasteiger partial charge in [-0.05, 0) is 51.4 Å². The Morgan fingerprint density at radius 2 is 1.32 bits per heavy atom. The summed E-state index contributed by atoms with van der Waals surface area (Å²) >= 11 is 0.